The smallest absolute Gasteiger partial charge is 0.287 e. The van der Waals surface area contributed by atoms with Crippen LogP contribution in [-0.2, 0) is 16.6 Å². The first kappa shape index (κ1) is 19.5. The van der Waals surface area contributed by atoms with Gasteiger partial charge in [-0.3, -0.25) is 4.79 Å². The standard InChI is InChI=1S/C20H20N4O3S/c1-15(23-24-20(25)19-8-5-13-21-19)17-9-11-18(12-10-17)28(26,27)22-14-16-6-3-2-4-7-16/h2-13,21-22H,14H2,1H3,(H,24,25)/b23-15-. The Morgan fingerprint density at radius 2 is 1.71 bits per heavy atom. The molecule has 3 rings (SSSR count). The molecule has 7 nitrogen and oxygen atoms in total. The summed E-state index contributed by atoms with van der Waals surface area (Å²) < 4.78 is 27.4. The summed E-state index contributed by atoms with van der Waals surface area (Å²) in [6, 6.07) is 19.0. The molecular weight excluding hydrogens is 376 g/mol. The molecule has 144 valence electrons. The number of nitrogens with one attached hydrogen (secondary N) is 3. The number of carbonyl (C=O) groups excluding carboxylic acids is 1. The van der Waals surface area contributed by atoms with Crippen molar-refractivity contribution < 1.29 is 13.2 Å². The molecule has 3 N–H and O–H groups in total. The zero-order chi connectivity index (χ0) is 20.0. The van der Waals surface area contributed by atoms with Crippen LogP contribution in [0.15, 0.2) is 82.9 Å². The van der Waals surface area contributed by atoms with E-state index in [4.69, 9.17) is 0 Å². The van der Waals surface area contributed by atoms with Crippen molar-refractivity contribution in [1.82, 2.24) is 15.1 Å². The van der Waals surface area contributed by atoms with Crippen LogP contribution in [0.2, 0.25) is 0 Å². The quantitative estimate of drug-likeness (QED) is 0.422. The monoisotopic (exact) mass is 396 g/mol. The molecule has 1 aromatic heterocycles. The lowest BCUT2D eigenvalue weighted by Crippen LogP contribution is -2.23. The fourth-order valence-corrected chi connectivity index (χ4v) is 3.48. The normalized spacial score (nSPS) is 12.0. The number of hydrogen-bond donors (Lipinski definition) is 3. The molecule has 0 saturated heterocycles. The maximum Gasteiger partial charge on any atom is 0.287 e. The molecular formula is C20H20N4O3S. The van der Waals surface area contributed by atoms with Crippen LogP contribution in [0, 0.1) is 0 Å². The second kappa shape index (κ2) is 8.64. The van der Waals surface area contributed by atoms with Crippen molar-refractivity contribution in [3.63, 3.8) is 0 Å². The van der Waals surface area contributed by atoms with E-state index in [1.165, 1.54) is 12.1 Å². The minimum absolute atomic E-state index is 0.162. The van der Waals surface area contributed by atoms with E-state index in [0.29, 0.717) is 17.0 Å². The molecule has 0 saturated carbocycles. The number of aromatic amines is 1. The van der Waals surface area contributed by atoms with E-state index in [1.54, 1.807) is 37.4 Å². The molecule has 0 spiro atoms. The fraction of sp³-hybridized carbons (Fsp3) is 0.100. The van der Waals surface area contributed by atoms with Crippen LogP contribution in [0.25, 0.3) is 0 Å². The van der Waals surface area contributed by atoms with Crippen molar-refractivity contribution in [2.45, 2.75) is 18.4 Å². The summed E-state index contributed by atoms with van der Waals surface area (Å²) in [5.41, 5.74) is 5.00. The second-order valence-corrected chi connectivity index (χ2v) is 7.82. The zero-order valence-electron chi connectivity index (χ0n) is 15.2. The van der Waals surface area contributed by atoms with E-state index in [0.717, 1.165) is 5.56 Å². The van der Waals surface area contributed by atoms with Crippen molar-refractivity contribution in [3.05, 3.63) is 89.7 Å². The molecule has 0 unspecified atom stereocenters. The molecule has 1 heterocycles. The highest BCUT2D eigenvalue weighted by Crippen LogP contribution is 2.12. The number of hydrazone groups is 1. The van der Waals surface area contributed by atoms with Gasteiger partial charge in [-0.25, -0.2) is 18.6 Å². The molecule has 0 bridgehead atoms. The highest BCUT2D eigenvalue weighted by Gasteiger charge is 2.14. The summed E-state index contributed by atoms with van der Waals surface area (Å²) in [6.07, 6.45) is 1.65. The molecule has 28 heavy (non-hydrogen) atoms. The van der Waals surface area contributed by atoms with E-state index in [9.17, 15) is 13.2 Å². The first-order chi connectivity index (χ1) is 13.5. The fourth-order valence-electron chi connectivity index (χ4n) is 2.46. The number of hydrogen-bond acceptors (Lipinski definition) is 4. The Morgan fingerprint density at radius 1 is 1.00 bits per heavy atom. The maximum absolute atomic E-state index is 12.4. The van der Waals surface area contributed by atoms with Gasteiger partial charge in [-0.15, -0.1) is 0 Å². The van der Waals surface area contributed by atoms with Gasteiger partial charge in [0.05, 0.1) is 10.6 Å². The summed E-state index contributed by atoms with van der Waals surface area (Å²) in [4.78, 5) is 14.8. The van der Waals surface area contributed by atoms with Crippen LogP contribution < -0.4 is 10.1 Å². The van der Waals surface area contributed by atoms with Gasteiger partial charge in [0.15, 0.2) is 0 Å². The van der Waals surface area contributed by atoms with E-state index in [-0.39, 0.29) is 17.3 Å². The Bertz CT molecular complexity index is 1060. The molecule has 0 atom stereocenters. The van der Waals surface area contributed by atoms with Crippen LogP contribution in [-0.4, -0.2) is 25.0 Å². The Labute approximate surface area is 163 Å². The summed E-state index contributed by atoms with van der Waals surface area (Å²) in [5.74, 6) is -0.353. The average Bonchev–Trinajstić information content (AvgIpc) is 3.26. The third kappa shape index (κ3) is 4.93. The first-order valence-corrected chi connectivity index (χ1v) is 10.1. The number of sulfonamides is 1. The minimum Gasteiger partial charge on any atom is -0.357 e. The van der Waals surface area contributed by atoms with E-state index in [2.05, 4.69) is 20.2 Å². The highest BCUT2D eigenvalue weighted by molar-refractivity contribution is 7.89. The van der Waals surface area contributed by atoms with Gasteiger partial charge in [0, 0.05) is 12.7 Å². The van der Waals surface area contributed by atoms with E-state index >= 15 is 0 Å². The molecule has 3 aromatic rings. The van der Waals surface area contributed by atoms with Crippen molar-refractivity contribution in [1.29, 1.82) is 0 Å². The number of carbonyl (C=O) groups is 1. The van der Waals surface area contributed by atoms with Crippen molar-refractivity contribution in [2.75, 3.05) is 0 Å². The molecule has 0 aliphatic heterocycles. The third-order valence-electron chi connectivity index (χ3n) is 4.06. The molecule has 0 aliphatic carbocycles. The largest absolute Gasteiger partial charge is 0.357 e. The summed E-state index contributed by atoms with van der Waals surface area (Å²) in [7, 11) is -3.62. The molecule has 0 fully saturated rings. The number of amides is 1. The van der Waals surface area contributed by atoms with Gasteiger partial charge in [0.25, 0.3) is 5.91 Å². The molecule has 8 heteroatoms. The Kier molecular flexibility index (Phi) is 6.03. The molecule has 1 amide bonds. The lowest BCUT2D eigenvalue weighted by molar-refractivity contribution is 0.0950. The average molecular weight is 396 g/mol. The zero-order valence-corrected chi connectivity index (χ0v) is 16.0. The maximum atomic E-state index is 12.4. The van der Waals surface area contributed by atoms with Gasteiger partial charge in [0.2, 0.25) is 10.0 Å². The van der Waals surface area contributed by atoms with Crippen LogP contribution in [0.3, 0.4) is 0 Å². The lowest BCUT2D eigenvalue weighted by Gasteiger charge is -2.08. The van der Waals surface area contributed by atoms with E-state index in [1.807, 2.05) is 30.3 Å². The van der Waals surface area contributed by atoms with E-state index < -0.39 is 10.0 Å². The predicted molar refractivity (Wildman–Crippen MR) is 107 cm³/mol. The van der Waals surface area contributed by atoms with Gasteiger partial charge >= 0.3 is 0 Å². The van der Waals surface area contributed by atoms with Crippen molar-refractivity contribution in [2.24, 2.45) is 5.10 Å². The third-order valence-corrected chi connectivity index (χ3v) is 5.48. The van der Waals surface area contributed by atoms with Gasteiger partial charge in [0.1, 0.15) is 5.69 Å². The minimum atomic E-state index is -3.62. The Hall–Kier alpha value is -3.23. The molecule has 2 aromatic carbocycles. The van der Waals surface area contributed by atoms with Gasteiger partial charge in [-0.05, 0) is 42.3 Å². The Balaban J connectivity index is 1.64. The van der Waals surface area contributed by atoms with Gasteiger partial charge in [-0.1, -0.05) is 42.5 Å². The number of H-pyrrole nitrogens is 1. The number of aromatic nitrogens is 1. The molecule has 0 radical (unpaired) electrons. The first-order valence-electron chi connectivity index (χ1n) is 8.58. The van der Waals surface area contributed by atoms with Crippen LogP contribution in [0.4, 0.5) is 0 Å². The summed E-state index contributed by atoms with van der Waals surface area (Å²) in [5, 5.41) is 4.05. The summed E-state index contributed by atoms with van der Waals surface area (Å²) in [6.45, 7) is 1.95. The topological polar surface area (TPSA) is 103 Å². The number of nitrogens with zero attached hydrogens (tertiary/aromatic N) is 1. The molecule has 0 aliphatic rings. The van der Waals surface area contributed by atoms with Crippen molar-refractivity contribution >= 4 is 21.6 Å². The lowest BCUT2D eigenvalue weighted by atomic mass is 10.1. The van der Waals surface area contributed by atoms with Crippen LogP contribution in [0.1, 0.15) is 28.5 Å². The van der Waals surface area contributed by atoms with Gasteiger partial charge < -0.3 is 4.98 Å². The second-order valence-electron chi connectivity index (χ2n) is 6.06. The summed E-state index contributed by atoms with van der Waals surface area (Å²) >= 11 is 0. The number of benzene rings is 2. The van der Waals surface area contributed by atoms with Gasteiger partial charge in [-0.2, -0.15) is 5.10 Å². The highest BCUT2D eigenvalue weighted by atomic mass is 32.2. The predicted octanol–water partition coefficient (Wildman–Crippen LogP) is 2.65. The Morgan fingerprint density at radius 3 is 2.36 bits per heavy atom. The number of rotatable bonds is 7. The van der Waals surface area contributed by atoms with Crippen LogP contribution >= 0.6 is 0 Å². The van der Waals surface area contributed by atoms with Crippen LogP contribution in [0.5, 0.6) is 0 Å². The SMILES string of the molecule is C/C(=N/NC(=O)c1ccc[nH]1)c1ccc(S(=O)(=O)NCc2ccccc2)cc1. The van der Waals surface area contributed by atoms with Crippen molar-refractivity contribution in [3.8, 4) is 0 Å².